The summed E-state index contributed by atoms with van der Waals surface area (Å²) in [6, 6.07) is 7.14. The number of hydrogen-bond donors (Lipinski definition) is 2. The number of aromatic nitrogens is 5. The number of aromatic amines is 1. The predicted octanol–water partition coefficient (Wildman–Crippen LogP) is 1.99. The highest BCUT2D eigenvalue weighted by Crippen LogP contribution is 2.18. The second-order valence-corrected chi connectivity index (χ2v) is 5.22. The van der Waals surface area contributed by atoms with E-state index in [0.29, 0.717) is 16.7 Å². The number of H-pyrrole nitrogens is 1. The third-order valence-corrected chi connectivity index (χ3v) is 3.56. The van der Waals surface area contributed by atoms with Crippen molar-refractivity contribution in [2.24, 2.45) is 0 Å². The lowest BCUT2D eigenvalue weighted by atomic mass is 10.3. The highest BCUT2D eigenvalue weighted by Gasteiger charge is 2.09. The van der Waals surface area contributed by atoms with Gasteiger partial charge in [-0.3, -0.25) is 19.9 Å². The second kappa shape index (κ2) is 6.81. The van der Waals surface area contributed by atoms with Gasteiger partial charge in [-0.2, -0.15) is 0 Å². The Kier molecular flexibility index (Phi) is 4.40. The summed E-state index contributed by atoms with van der Waals surface area (Å²) in [7, 11) is 0. The van der Waals surface area contributed by atoms with Crippen molar-refractivity contribution in [2.45, 2.75) is 5.16 Å². The molecule has 110 valence electrons. The molecule has 3 aromatic rings. The Morgan fingerprint density at radius 3 is 2.50 bits per heavy atom. The number of thioether (sulfide) groups is 1. The minimum absolute atomic E-state index is 0.119. The zero-order valence-electron chi connectivity index (χ0n) is 11.4. The lowest BCUT2D eigenvalue weighted by Crippen LogP contribution is -2.14. The van der Waals surface area contributed by atoms with Crippen LogP contribution in [-0.2, 0) is 4.79 Å². The van der Waals surface area contributed by atoms with Gasteiger partial charge < -0.3 is 5.32 Å². The molecule has 0 radical (unpaired) electrons. The Labute approximate surface area is 130 Å². The molecule has 0 bridgehead atoms. The Morgan fingerprint density at radius 1 is 1.09 bits per heavy atom. The molecule has 3 aromatic heterocycles. The van der Waals surface area contributed by atoms with Gasteiger partial charge in [0.15, 0.2) is 5.82 Å². The largest absolute Gasteiger partial charge is 0.325 e. The van der Waals surface area contributed by atoms with E-state index in [4.69, 9.17) is 0 Å². The molecule has 0 unspecified atom stereocenters. The lowest BCUT2D eigenvalue weighted by Gasteiger charge is -2.02. The van der Waals surface area contributed by atoms with Crippen LogP contribution in [0.4, 0.5) is 5.69 Å². The molecule has 3 rings (SSSR count). The first-order valence-electron chi connectivity index (χ1n) is 6.47. The Balaban J connectivity index is 1.56. The van der Waals surface area contributed by atoms with Gasteiger partial charge in [0, 0.05) is 36.0 Å². The molecule has 0 aliphatic carbocycles. The lowest BCUT2D eigenvalue weighted by molar-refractivity contribution is -0.113. The fourth-order valence-electron chi connectivity index (χ4n) is 1.71. The van der Waals surface area contributed by atoms with Gasteiger partial charge >= 0.3 is 0 Å². The van der Waals surface area contributed by atoms with Gasteiger partial charge in [-0.25, -0.2) is 4.98 Å². The van der Waals surface area contributed by atoms with Crippen LogP contribution in [0.1, 0.15) is 0 Å². The van der Waals surface area contributed by atoms with E-state index >= 15 is 0 Å². The van der Waals surface area contributed by atoms with Gasteiger partial charge in [0.05, 0.1) is 5.75 Å². The van der Waals surface area contributed by atoms with Crippen LogP contribution in [0.5, 0.6) is 0 Å². The van der Waals surface area contributed by atoms with Crippen LogP contribution in [-0.4, -0.2) is 36.8 Å². The minimum Gasteiger partial charge on any atom is -0.325 e. The maximum absolute atomic E-state index is 11.8. The molecule has 0 aliphatic heterocycles. The summed E-state index contributed by atoms with van der Waals surface area (Å²) in [4.78, 5) is 24.0. The molecular formula is C14H12N6OS. The van der Waals surface area contributed by atoms with E-state index in [2.05, 4.69) is 30.5 Å². The quantitative estimate of drug-likeness (QED) is 0.699. The van der Waals surface area contributed by atoms with Crippen molar-refractivity contribution in [3.05, 3.63) is 49.1 Å². The van der Waals surface area contributed by atoms with Gasteiger partial charge in [0.25, 0.3) is 0 Å². The van der Waals surface area contributed by atoms with E-state index in [-0.39, 0.29) is 11.7 Å². The average Bonchev–Trinajstić information content (AvgIpc) is 3.04. The van der Waals surface area contributed by atoms with Crippen molar-refractivity contribution in [1.82, 2.24) is 25.1 Å². The van der Waals surface area contributed by atoms with Crippen molar-refractivity contribution in [3.63, 3.8) is 0 Å². The number of carbonyl (C=O) groups excluding carboxylic acids is 1. The van der Waals surface area contributed by atoms with Gasteiger partial charge in [0.1, 0.15) is 0 Å². The molecule has 8 heteroatoms. The normalized spacial score (nSPS) is 10.4. The zero-order valence-corrected chi connectivity index (χ0v) is 12.2. The molecule has 0 aromatic carbocycles. The molecule has 2 N–H and O–H groups in total. The highest BCUT2D eigenvalue weighted by atomic mass is 32.2. The van der Waals surface area contributed by atoms with Crippen molar-refractivity contribution in [2.75, 3.05) is 11.1 Å². The van der Waals surface area contributed by atoms with Crippen LogP contribution >= 0.6 is 11.8 Å². The molecular weight excluding hydrogens is 300 g/mol. The average molecular weight is 312 g/mol. The summed E-state index contributed by atoms with van der Waals surface area (Å²) in [6.45, 7) is 0. The maximum Gasteiger partial charge on any atom is 0.234 e. The first kappa shape index (κ1) is 14.2. The van der Waals surface area contributed by atoms with Crippen LogP contribution < -0.4 is 5.32 Å². The highest BCUT2D eigenvalue weighted by molar-refractivity contribution is 7.99. The number of carbonyl (C=O) groups is 1. The number of amides is 1. The molecule has 0 spiro atoms. The topological polar surface area (TPSA) is 96.5 Å². The summed E-state index contributed by atoms with van der Waals surface area (Å²) in [5.74, 6) is 0.765. The van der Waals surface area contributed by atoms with Crippen LogP contribution in [0.15, 0.2) is 54.2 Å². The second-order valence-electron chi connectivity index (χ2n) is 4.28. The Morgan fingerprint density at radius 2 is 1.77 bits per heavy atom. The van der Waals surface area contributed by atoms with Crippen molar-refractivity contribution < 1.29 is 4.79 Å². The Hall–Kier alpha value is -2.74. The van der Waals surface area contributed by atoms with Crippen molar-refractivity contribution >= 4 is 23.4 Å². The zero-order chi connectivity index (χ0) is 15.2. The molecule has 0 aliphatic rings. The van der Waals surface area contributed by atoms with Crippen LogP contribution in [0.2, 0.25) is 0 Å². The standard InChI is InChI=1S/C14H12N6OS/c21-12(17-11-3-7-16-8-4-11)9-22-14-18-13(19-20-14)10-1-5-15-6-2-10/h1-8H,9H2,(H,16,17,21)(H,18,19,20). The van der Waals surface area contributed by atoms with E-state index in [1.54, 1.807) is 36.9 Å². The van der Waals surface area contributed by atoms with Gasteiger partial charge in [0.2, 0.25) is 11.1 Å². The first-order chi connectivity index (χ1) is 10.8. The molecule has 22 heavy (non-hydrogen) atoms. The van der Waals surface area contributed by atoms with E-state index in [1.807, 2.05) is 12.1 Å². The van der Waals surface area contributed by atoms with Crippen LogP contribution in [0, 0.1) is 0 Å². The summed E-state index contributed by atoms with van der Waals surface area (Å²) in [5.41, 5.74) is 1.61. The summed E-state index contributed by atoms with van der Waals surface area (Å²) in [5, 5.41) is 10.2. The SMILES string of the molecule is O=C(CSc1n[nH]c(-c2ccncc2)n1)Nc1ccncc1. The summed E-state index contributed by atoms with van der Waals surface area (Å²) < 4.78 is 0. The number of anilines is 1. The molecule has 3 heterocycles. The number of rotatable bonds is 5. The van der Waals surface area contributed by atoms with E-state index in [9.17, 15) is 4.79 Å². The minimum atomic E-state index is -0.119. The number of nitrogens with zero attached hydrogens (tertiary/aromatic N) is 4. The summed E-state index contributed by atoms with van der Waals surface area (Å²) >= 11 is 1.27. The van der Waals surface area contributed by atoms with E-state index in [0.717, 1.165) is 5.56 Å². The third-order valence-electron chi connectivity index (χ3n) is 2.72. The van der Waals surface area contributed by atoms with Crippen molar-refractivity contribution in [3.8, 4) is 11.4 Å². The number of nitrogens with one attached hydrogen (secondary N) is 2. The van der Waals surface area contributed by atoms with Crippen LogP contribution in [0.3, 0.4) is 0 Å². The fraction of sp³-hybridized carbons (Fsp3) is 0.0714. The van der Waals surface area contributed by atoms with Gasteiger partial charge in [-0.1, -0.05) is 11.8 Å². The smallest absolute Gasteiger partial charge is 0.234 e. The van der Waals surface area contributed by atoms with Crippen molar-refractivity contribution in [1.29, 1.82) is 0 Å². The monoisotopic (exact) mass is 312 g/mol. The molecule has 0 atom stereocenters. The Bertz CT molecular complexity index is 746. The molecule has 7 nitrogen and oxygen atoms in total. The molecule has 0 fully saturated rings. The fourth-order valence-corrected chi connectivity index (χ4v) is 2.31. The predicted molar refractivity (Wildman–Crippen MR) is 83.2 cm³/mol. The van der Waals surface area contributed by atoms with Gasteiger partial charge in [-0.15, -0.1) is 5.10 Å². The first-order valence-corrected chi connectivity index (χ1v) is 7.45. The van der Waals surface area contributed by atoms with E-state index in [1.165, 1.54) is 11.8 Å². The van der Waals surface area contributed by atoms with E-state index < -0.39 is 0 Å². The number of hydrogen-bond acceptors (Lipinski definition) is 6. The van der Waals surface area contributed by atoms with Crippen LogP contribution in [0.25, 0.3) is 11.4 Å². The molecule has 1 amide bonds. The van der Waals surface area contributed by atoms with Gasteiger partial charge in [-0.05, 0) is 24.3 Å². The molecule has 0 saturated heterocycles. The third kappa shape index (κ3) is 3.67. The number of pyridine rings is 2. The summed E-state index contributed by atoms with van der Waals surface area (Å²) in [6.07, 6.45) is 6.62. The molecule has 0 saturated carbocycles. The maximum atomic E-state index is 11.8.